The van der Waals surface area contributed by atoms with Gasteiger partial charge in [-0.3, -0.25) is 0 Å². The first-order chi connectivity index (χ1) is 5.42. The highest BCUT2D eigenvalue weighted by molar-refractivity contribution is 5.28. The number of hydrogen-bond donors (Lipinski definition) is 0. The maximum atomic E-state index is 8.43. The zero-order chi connectivity index (χ0) is 7.68. The summed E-state index contributed by atoms with van der Waals surface area (Å²) in [6, 6.07) is 2.07. The fourth-order valence-corrected chi connectivity index (χ4v) is 1.50. The van der Waals surface area contributed by atoms with Gasteiger partial charge in [-0.25, -0.2) is 0 Å². The highest BCUT2D eigenvalue weighted by Crippen LogP contribution is 2.24. The number of nitriles is 1. The fraction of sp³-hybridized carbons (Fsp3) is 0.500. The van der Waals surface area contributed by atoms with Crippen molar-refractivity contribution in [2.75, 3.05) is 0 Å². The largest absolute Gasteiger partial charge is 0.360 e. The smallest absolute Gasteiger partial charge is 0.154 e. The lowest BCUT2D eigenvalue weighted by Crippen LogP contribution is -1.83. The number of nitrogens with zero attached hydrogens (tertiary/aromatic N) is 2. The van der Waals surface area contributed by atoms with Crippen LogP contribution in [0.2, 0.25) is 0 Å². The van der Waals surface area contributed by atoms with E-state index < -0.39 is 0 Å². The Balaban J connectivity index is 2.36. The third-order valence-electron chi connectivity index (χ3n) is 2.03. The second-order valence-electron chi connectivity index (χ2n) is 2.72. The minimum absolute atomic E-state index is 0.363. The van der Waals surface area contributed by atoms with E-state index >= 15 is 0 Å². The quantitative estimate of drug-likeness (QED) is 0.601. The molecule has 0 fully saturated rings. The maximum Gasteiger partial charge on any atom is 0.154 e. The van der Waals surface area contributed by atoms with Crippen LogP contribution in [0.15, 0.2) is 4.52 Å². The van der Waals surface area contributed by atoms with Gasteiger partial charge in [-0.15, -0.1) is 0 Å². The summed E-state index contributed by atoms with van der Waals surface area (Å²) in [6.07, 6.45) is 3.58. The molecule has 0 saturated carbocycles. The van der Waals surface area contributed by atoms with Crippen molar-refractivity contribution in [3.63, 3.8) is 0 Å². The molecule has 1 aromatic heterocycles. The maximum absolute atomic E-state index is 8.43. The van der Waals surface area contributed by atoms with Gasteiger partial charge in [0.05, 0.1) is 18.2 Å². The zero-order valence-corrected chi connectivity index (χ0v) is 6.13. The van der Waals surface area contributed by atoms with Crippen LogP contribution in [0.1, 0.15) is 23.4 Å². The van der Waals surface area contributed by atoms with Crippen LogP contribution in [0.4, 0.5) is 0 Å². The van der Waals surface area contributed by atoms with Crippen molar-refractivity contribution in [1.82, 2.24) is 5.16 Å². The summed E-state index contributed by atoms with van der Waals surface area (Å²) in [4.78, 5) is 0. The summed E-state index contributed by atoms with van der Waals surface area (Å²) in [7, 11) is 0. The average molecular weight is 148 g/mol. The molecule has 1 heterocycles. The standard InChI is InChI=1S/C8H8N2O/c9-5-4-8-6-2-1-3-7(6)10-11-8/h1-4H2. The van der Waals surface area contributed by atoms with Gasteiger partial charge in [-0.05, 0) is 19.3 Å². The molecule has 0 amide bonds. The Labute approximate surface area is 64.6 Å². The van der Waals surface area contributed by atoms with Crippen molar-refractivity contribution in [2.24, 2.45) is 0 Å². The summed E-state index contributed by atoms with van der Waals surface area (Å²) < 4.78 is 5.01. The highest BCUT2D eigenvalue weighted by Gasteiger charge is 2.19. The Kier molecular flexibility index (Phi) is 1.39. The van der Waals surface area contributed by atoms with Crippen LogP contribution in [0, 0.1) is 11.3 Å². The molecule has 0 atom stereocenters. The number of aromatic nitrogens is 1. The van der Waals surface area contributed by atoms with E-state index in [0.717, 1.165) is 30.7 Å². The average Bonchev–Trinajstić information content (AvgIpc) is 2.53. The number of rotatable bonds is 1. The van der Waals surface area contributed by atoms with E-state index in [1.807, 2.05) is 0 Å². The van der Waals surface area contributed by atoms with Gasteiger partial charge in [0.2, 0.25) is 0 Å². The summed E-state index contributed by atoms with van der Waals surface area (Å²) in [5.74, 6) is 0.778. The van der Waals surface area contributed by atoms with Crippen molar-refractivity contribution < 1.29 is 4.52 Å². The molecule has 0 bridgehead atoms. The second kappa shape index (κ2) is 2.39. The van der Waals surface area contributed by atoms with Crippen LogP contribution in [-0.2, 0) is 19.3 Å². The van der Waals surface area contributed by atoms with Crippen LogP contribution in [-0.4, -0.2) is 5.16 Å². The van der Waals surface area contributed by atoms with E-state index in [9.17, 15) is 0 Å². The van der Waals surface area contributed by atoms with E-state index in [-0.39, 0.29) is 0 Å². The molecule has 1 aromatic rings. The van der Waals surface area contributed by atoms with Crippen LogP contribution in [0.3, 0.4) is 0 Å². The summed E-state index contributed by atoms with van der Waals surface area (Å²) >= 11 is 0. The van der Waals surface area contributed by atoms with Gasteiger partial charge in [-0.2, -0.15) is 5.26 Å². The van der Waals surface area contributed by atoms with Gasteiger partial charge in [0.15, 0.2) is 5.76 Å². The molecule has 56 valence electrons. The van der Waals surface area contributed by atoms with E-state index in [0.29, 0.717) is 6.42 Å². The topological polar surface area (TPSA) is 49.8 Å². The molecule has 0 saturated heterocycles. The number of fused-ring (bicyclic) bond motifs is 1. The van der Waals surface area contributed by atoms with Gasteiger partial charge in [0.1, 0.15) is 0 Å². The SMILES string of the molecule is N#CCc1onc2c1CCC2. The molecule has 3 nitrogen and oxygen atoms in total. The predicted molar refractivity (Wildman–Crippen MR) is 37.8 cm³/mol. The van der Waals surface area contributed by atoms with E-state index in [2.05, 4.69) is 11.2 Å². The Hall–Kier alpha value is -1.30. The van der Waals surface area contributed by atoms with Crippen LogP contribution in [0.5, 0.6) is 0 Å². The van der Waals surface area contributed by atoms with Crippen molar-refractivity contribution in [3.8, 4) is 6.07 Å². The van der Waals surface area contributed by atoms with Crippen molar-refractivity contribution in [1.29, 1.82) is 5.26 Å². The minimum Gasteiger partial charge on any atom is -0.360 e. The lowest BCUT2D eigenvalue weighted by Gasteiger charge is -1.87. The van der Waals surface area contributed by atoms with E-state index in [1.54, 1.807) is 0 Å². The number of aryl methyl sites for hydroxylation is 1. The summed E-state index contributed by atoms with van der Waals surface area (Å²) in [6.45, 7) is 0. The molecule has 0 aliphatic heterocycles. The molecule has 0 unspecified atom stereocenters. The second-order valence-corrected chi connectivity index (χ2v) is 2.72. The molecule has 3 heteroatoms. The molecular formula is C8H8N2O. The molecule has 0 spiro atoms. The first kappa shape index (κ1) is 6.41. The van der Waals surface area contributed by atoms with Crippen molar-refractivity contribution in [2.45, 2.75) is 25.7 Å². The summed E-state index contributed by atoms with van der Waals surface area (Å²) in [5.41, 5.74) is 2.25. The van der Waals surface area contributed by atoms with Gasteiger partial charge in [0, 0.05) is 5.56 Å². The Morgan fingerprint density at radius 1 is 1.55 bits per heavy atom. The molecule has 11 heavy (non-hydrogen) atoms. The molecule has 2 rings (SSSR count). The summed E-state index contributed by atoms with van der Waals surface area (Å²) in [5, 5.41) is 12.3. The van der Waals surface area contributed by atoms with Gasteiger partial charge < -0.3 is 4.52 Å². The van der Waals surface area contributed by atoms with Gasteiger partial charge >= 0.3 is 0 Å². The lowest BCUT2D eigenvalue weighted by molar-refractivity contribution is 0.381. The van der Waals surface area contributed by atoms with Crippen LogP contribution < -0.4 is 0 Å². The molecule has 0 N–H and O–H groups in total. The van der Waals surface area contributed by atoms with Crippen LogP contribution >= 0.6 is 0 Å². The Bertz CT molecular complexity index is 308. The van der Waals surface area contributed by atoms with Gasteiger partial charge in [0.25, 0.3) is 0 Å². The number of hydrogen-bond acceptors (Lipinski definition) is 3. The molecule has 0 aromatic carbocycles. The molecule has 1 aliphatic carbocycles. The highest BCUT2D eigenvalue weighted by atomic mass is 16.5. The third-order valence-corrected chi connectivity index (χ3v) is 2.03. The Morgan fingerprint density at radius 2 is 2.45 bits per heavy atom. The minimum atomic E-state index is 0.363. The third kappa shape index (κ3) is 0.911. The normalized spacial score (nSPS) is 14.5. The molecular weight excluding hydrogens is 140 g/mol. The predicted octanol–water partition coefficient (Wildman–Crippen LogP) is 1.23. The van der Waals surface area contributed by atoms with E-state index in [1.165, 1.54) is 5.56 Å². The lowest BCUT2D eigenvalue weighted by atomic mass is 10.2. The van der Waals surface area contributed by atoms with Crippen molar-refractivity contribution >= 4 is 0 Å². The zero-order valence-electron chi connectivity index (χ0n) is 6.13. The first-order valence-electron chi connectivity index (χ1n) is 3.75. The van der Waals surface area contributed by atoms with E-state index in [4.69, 9.17) is 9.78 Å². The Morgan fingerprint density at radius 3 is 3.27 bits per heavy atom. The molecule has 0 radical (unpaired) electrons. The fourth-order valence-electron chi connectivity index (χ4n) is 1.50. The van der Waals surface area contributed by atoms with Crippen molar-refractivity contribution in [3.05, 3.63) is 17.0 Å². The first-order valence-corrected chi connectivity index (χ1v) is 3.75. The van der Waals surface area contributed by atoms with Gasteiger partial charge in [-0.1, -0.05) is 5.16 Å². The molecule has 1 aliphatic rings. The monoisotopic (exact) mass is 148 g/mol. The van der Waals surface area contributed by atoms with Crippen LogP contribution in [0.25, 0.3) is 0 Å².